The summed E-state index contributed by atoms with van der Waals surface area (Å²) in [6.07, 6.45) is -0.276. The summed E-state index contributed by atoms with van der Waals surface area (Å²) in [5, 5.41) is 9.95. The van der Waals surface area contributed by atoms with Crippen LogP contribution in [-0.2, 0) is 54.6 Å². The first kappa shape index (κ1) is 41.2. The van der Waals surface area contributed by atoms with E-state index in [2.05, 4.69) is 30.7 Å². The molecule has 0 radical (unpaired) electrons. The first-order valence-corrected chi connectivity index (χ1v) is 17.5. The van der Waals surface area contributed by atoms with Crippen LogP contribution in [0.5, 0.6) is 0 Å². The lowest BCUT2D eigenvalue weighted by molar-refractivity contribution is -0.143. The van der Waals surface area contributed by atoms with Crippen LogP contribution in [0.3, 0.4) is 0 Å². The summed E-state index contributed by atoms with van der Waals surface area (Å²) in [6.45, 7) is 3.11. The summed E-state index contributed by atoms with van der Waals surface area (Å²) in [7, 11) is -1.67. The van der Waals surface area contributed by atoms with Crippen LogP contribution >= 0.6 is 11.6 Å². The van der Waals surface area contributed by atoms with Crippen LogP contribution in [0.4, 0.5) is 4.79 Å². The van der Waals surface area contributed by atoms with Crippen LogP contribution < -0.4 is 21.3 Å². The predicted octanol–water partition coefficient (Wildman–Crippen LogP) is 2.02. The Labute approximate surface area is 295 Å². The van der Waals surface area contributed by atoms with Gasteiger partial charge in [0.2, 0.25) is 17.7 Å². The summed E-state index contributed by atoms with van der Waals surface area (Å²) in [5.74, 6) is -4.78. The topological polar surface area (TPSA) is 212 Å². The van der Waals surface area contributed by atoms with Gasteiger partial charge in [0.05, 0.1) is 33.1 Å². The molecule has 4 amide bonds. The van der Waals surface area contributed by atoms with Crippen molar-refractivity contribution in [2.75, 3.05) is 20.5 Å². The molecule has 17 heteroatoms. The molecule has 0 unspecified atom stereocenters. The van der Waals surface area contributed by atoms with E-state index in [9.17, 15) is 37.2 Å². The van der Waals surface area contributed by atoms with E-state index in [0.717, 1.165) is 26.6 Å². The van der Waals surface area contributed by atoms with Crippen LogP contribution in [-0.4, -0.2) is 82.8 Å². The molecule has 0 spiro atoms. The van der Waals surface area contributed by atoms with Crippen LogP contribution in [0.1, 0.15) is 43.9 Å². The minimum absolute atomic E-state index is 0.121. The molecule has 4 atom stereocenters. The number of carbonyl (C=O) groups is 6. The smallest absolute Gasteiger partial charge is 0.408 e. The Bertz CT molecular complexity index is 1640. The second-order valence-corrected chi connectivity index (χ2v) is 13.9. The average molecular weight is 737 g/mol. The second kappa shape index (κ2) is 19.9. The van der Waals surface area contributed by atoms with Gasteiger partial charge in [-0.15, -0.1) is 0 Å². The van der Waals surface area contributed by atoms with Crippen LogP contribution in [0.15, 0.2) is 71.1 Å². The second-order valence-electron chi connectivity index (χ2n) is 11.3. The maximum absolute atomic E-state index is 13.8. The number of methoxy groups -OCH3 is 2. The highest BCUT2D eigenvalue weighted by Gasteiger charge is 2.34. The molecule has 50 heavy (non-hydrogen) atoms. The lowest BCUT2D eigenvalue weighted by Gasteiger charge is -2.28. The zero-order valence-electron chi connectivity index (χ0n) is 28.1. The lowest BCUT2D eigenvalue weighted by atomic mass is 10.00. The first-order valence-electron chi connectivity index (χ1n) is 15.2. The highest BCUT2D eigenvalue weighted by molar-refractivity contribution is 7.96. The van der Waals surface area contributed by atoms with E-state index in [1.165, 1.54) is 12.1 Å². The van der Waals surface area contributed by atoms with Gasteiger partial charge in [0.25, 0.3) is 0 Å². The molecule has 0 aliphatic carbocycles. The van der Waals surface area contributed by atoms with E-state index in [1.807, 2.05) is 0 Å². The third-order valence-electron chi connectivity index (χ3n) is 6.98. The van der Waals surface area contributed by atoms with Crippen molar-refractivity contribution >= 4 is 57.2 Å². The zero-order chi connectivity index (χ0) is 37.4. The number of hydrogen-bond acceptors (Lipinski definition) is 11. The number of benzene rings is 2. The quantitative estimate of drug-likeness (QED) is 0.136. The van der Waals surface area contributed by atoms with E-state index >= 15 is 0 Å². The first-order chi connectivity index (χ1) is 23.5. The molecule has 4 N–H and O–H groups in total. The fraction of sp³-hybridized carbons (Fsp3) is 0.394. The lowest BCUT2D eigenvalue weighted by Crippen LogP contribution is -2.56. The van der Waals surface area contributed by atoms with Crippen LogP contribution in [0.2, 0.25) is 0 Å². The Balaban J connectivity index is 2.33. The van der Waals surface area contributed by atoms with Gasteiger partial charge >= 0.3 is 18.0 Å². The Kier molecular flexibility index (Phi) is 16.4. The number of hydrogen-bond donors (Lipinski definition) is 4. The van der Waals surface area contributed by atoms with Gasteiger partial charge in [0.15, 0.2) is 9.84 Å². The maximum atomic E-state index is 13.8. The van der Waals surface area contributed by atoms with Crippen molar-refractivity contribution in [2.45, 2.75) is 57.5 Å². The molecule has 15 nitrogen and oxygen atoms in total. The van der Waals surface area contributed by atoms with Gasteiger partial charge in [0, 0.05) is 6.26 Å². The fourth-order valence-corrected chi connectivity index (χ4v) is 4.86. The largest absolute Gasteiger partial charge is 0.469 e. The third kappa shape index (κ3) is 13.9. The molecule has 0 aliphatic heterocycles. The molecule has 2 rings (SSSR count). The normalized spacial score (nSPS) is 13.9. The Morgan fingerprint density at radius 2 is 1.32 bits per heavy atom. The molecule has 0 heterocycles. The van der Waals surface area contributed by atoms with Crippen molar-refractivity contribution in [1.82, 2.24) is 21.3 Å². The molecule has 0 fully saturated rings. The van der Waals surface area contributed by atoms with Gasteiger partial charge < -0.3 is 35.5 Å². The molecule has 0 aromatic heterocycles. The number of esters is 2. The minimum Gasteiger partial charge on any atom is -0.469 e. The predicted molar refractivity (Wildman–Crippen MR) is 182 cm³/mol. The summed E-state index contributed by atoms with van der Waals surface area (Å²) < 4.78 is 37.7. The minimum atomic E-state index is -3.88. The van der Waals surface area contributed by atoms with Crippen molar-refractivity contribution < 1.29 is 51.4 Å². The summed E-state index contributed by atoms with van der Waals surface area (Å²) in [6, 6.07) is 11.2. The number of sulfone groups is 1. The summed E-state index contributed by atoms with van der Waals surface area (Å²) >= 11 is 5.89. The van der Waals surface area contributed by atoms with Gasteiger partial charge in [-0.3, -0.25) is 24.0 Å². The molecule has 0 saturated heterocycles. The van der Waals surface area contributed by atoms with Crippen molar-refractivity contribution in [1.29, 1.82) is 0 Å². The van der Waals surface area contributed by atoms with E-state index in [0.29, 0.717) is 5.56 Å². The SMILES string of the molecule is COC(=O)C[C@@H](/C=C(\Cl)S(C)(=O)=O)NC(=O)[C@@H](NC(=O)[C@@H](NC(=O)[C@H](CC(=O)OC)NC(=O)OCc1ccccc1)c1ccccc1)C(C)C. The van der Waals surface area contributed by atoms with Crippen LogP contribution in [0.25, 0.3) is 0 Å². The van der Waals surface area contributed by atoms with E-state index < -0.39 is 92.9 Å². The Morgan fingerprint density at radius 1 is 0.760 bits per heavy atom. The van der Waals surface area contributed by atoms with Gasteiger partial charge in [-0.2, -0.15) is 0 Å². The maximum Gasteiger partial charge on any atom is 0.408 e. The number of ether oxygens (including phenoxy) is 3. The number of carbonyl (C=O) groups excluding carboxylic acids is 6. The third-order valence-corrected chi connectivity index (χ3v) is 8.79. The molecule has 0 saturated carbocycles. The Hall–Kier alpha value is -4.96. The van der Waals surface area contributed by atoms with E-state index in [-0.39, 0.29) is 12.2 Å². The molecule has 2 aromatic carbocycles. The summed E-state index contributed by atoms with van der Waals surface area (Å²) in [5.41, 5.74) is 0.962. The van der Waals surface area contributed by atoms with Crippen molar-refractivity contribution in [3.63, 3.8) is 0 Å². The molecule has 0 bridgehead atoms. The molecular weight excluding hydrogens is 696 g/mol. The molecule has 272 valence electrons. The summed E-state index contributed by atoms with van der Waals surface area (Å²) in [4.78, 5) is 77.6. The highest BCUT2D eigenvalue weighted by Crippen LogP contribution is 2.17. The van der Waals surface area contributed by atoms with Gasteiger partial charge in [-0.1, -0.05) is 86.1 Å². The standard InChI is InChI=1S/C33H41ClN4O11S/c1-20(2)28(31(42)35-23(17-26(39)47-3)16-25(34)50(5,45)46)37-32(43)29(22-14-10-7-11-15-22)38-30(41)24(18-27(40)48-4)36-33(44)49-19-21-12-8-6-9-13-21/h6-16,20,23-24,28-29H,17-19H2,1-5H3,(H,35,42)(H,36,44)(H,37,43)(H,38,41)/b25-16+/t23-,24+,28+,29+/m1/s1. The number of halogens is 1. The van der Waals surface area contributed by atoms with Crippen molar-refractivity contribution in [2.24, 2.45) is 5.92 Å². The number of rotatable bonds is 17. The molecule has 0 aliphatic rings. The number of nitrogens with one attached hydrogen (secondary N) is 4. The van der Waals surface area contributed by atoms with E-state index in [1.54, 1.807) is 62.4 Å². The van der Waals surface area contributed by atoms with Gasteiger partial charge in [-0.25, -0.2) is 13.2 Å². The molecule has 2 aromatic rings. The van der Waals surface area contributed by atoms with Crippen molar-refractivity contribution in [3.8, 4) is 0 Å². The zero-order valence-corrected chi connectivity index (χ0v) is 29.7. The number of alkyl carbamates (subject to hydrolysis) is 1. The van der Waals surface area contributed by atoms with E-state index in [4.69, 9.17) is 16.3 Å². The fourth-order valence-electron chi connectivity index (χ4n) is 4.30. The highest BCUT2D eigenvalue weighted by atomic mass is 35.5. The van der Waals surface area contributed by atoms with Crippen LogP contribution in [0, 0.1) is 5.92 Å². The van der Waals surface area contributed by atoms with Gasteiger partial charge in [-0.05, 0) is 23.1 Å². The molecular formula is C33H41ClN4O11S. The number of amides is 4. The monoisotopic (exact) mass is 736 g/mol. The average Bonchev–Trinajstić information content (AvgIpc) is 3.07. The van der Waals surface area contributed by atoms with Crippen molar-refractivity contribution in [3.05, 3.63) is 82.2 Å². The Morgan fingerprint density at radius 3 is 1.86 bits per heavy atom. The van der Waals surface area contributed by atoms with Gasteiger partial charge in [0.1, 0.15) is 29.1 Å².